The van der Waals surface area contributed by atoms with E-state index in [4.69, 9.17) is 9.47 Å². The molecule has 0 aliphatic rings. The van der Waals surface area contributed by atoms with E-state index in [1.807, 2.05) is 24.3 Å². The largest absolute Gasteiger partial charge is 0.573 e. The van der Waals surface area contributed by atoms with Crippen molar-refractivity contribution in [1.82, 2.24) is 46.9 Å². The van der Waals surface area contributed by atoms with Gasteiger partial charge >= 0.3 is 12.7 Å². The number of rotatable bonds is 27. The van der Waals surface area contributed by atoms with E-state index in [1.54, 1.807) is 23.6 Å². The Morgan fingerprint density at radius 2 is 0.838 bits per heavy atom. The normalized spacial score (nSPS) is 11.0. The van der Waals surface area contributed by atoms with Crippen LogP contribution in [0.4, 0.5) is 48.3 Å². The van der Waals surface area contributed by atoms with Gasteiger partial charge in [0.1, 0.15) is 72.6 Å². The smallest absolute Gasteiger partial charge is 0.484 e. The summed E-state index contributed by atoms with van der Waals surface area (Å²) in [7, 11) is 0. The lowest BCUT2D eigenvalue weighted by Gasteiger charge is -2.10. The molecule has 33 heteroatoms. The first-order chi connectivity index (χ1) is 47.1. The van der Waals surface area contributed by atoms with E-state index in [-0.39, 0.29) is 84.4 Å². The number of nitrogens with one attached hydrogen (secondary N) is 6. The van der Waals surface area contributed by atoms with Crippen LogP contribution in [0.5, 0.6) is 23.0 Å². The molecule has 0 saturated carbocycles. The van der Waals surface area contributed by atoms with Crippen LogP contribution in [-0.2, 0) is 59.9 Å². The highest BCUT2D eigenvalue weighted by atomic mass is 32.1. The molecule has 6 amide bonds. The molecule has 0 radical (unpaired) electrons. The highest BCUT2D eigenvalue weighted by Gasteiger charge is 2.32. The van der Waals surface area contributed by atoms with Crippen LogP contribution in [0.25, 0.3) is 0 Å². The number of thiazole rings is 3. The number of amides is 6. The van der Waals surface area contributed by atoms with Crippen LogP contribution in [0.2, 0.25) is 0 Å². The first-order valence-electron chi connectivity index (χ1n) is 29.3. The molecule has 6 aromatic carbocycles. The molecule has 0 fully saturated rings. The zero-order chi connectivity index (χ0) is 71.7. The summed E-state index contributed by atoms with van der Waals surface area (Å²) in [5, 5.41) is 21.4. The predicted octanol–water partition coefficient (Wildman–Crippen LogP) is 12.1. The molecule has 0 aliphatic carbocycles. The standard InChI is InChI=1S/C24H26FN3O2S.2C21H16F5N3O4S/c1-16(2)18-9-7-17(8-10-18)13-22(29)27-14-23-28-21(15-31-23)24(30)26-12-11-19-5-3-4-6-20(19)25;22-15-2-1-3-16(23)14(15)8-28-20(31)17-11-34-19(29-17)9-27-18(30)10-32-12-4-6-13(7-5-12)33-21(24,25)26;22-15-3-1-2-12(19(15)23)8-28-20(31)16-11-34-18(29-16)9-27-17(30)10-32-13-4-6-14(7-5-13)33-21(24,25)26/h3-10,15-16H,11-14H2,1-2H3,(H,26,30)(H,27,29);2*1-7,11H,8-10H2,(H,27,30)(H,28,31). The first-order valence-corrected chi connectivity index (χ1v) is 31.9. The Morgan fingerprint density at radius 1 is 0.434 bits per heavy atom. The molecule has 0 spiro atoms. The van der Waals surface area contributed by atoms with E-state index in [2.05, 4.69) is 70.2 Å². The number of aromatic nitrogens is 3. The predicted molar refractivity (Wildman–Crippen MR) is 341 cm³/mol. The van der Waals surface area contributed by atoms with Crippen LogP contribution in [0, 0.1) is 29.1 Å². The van der Waals surface area contributed by atoms with E-state index in [0.29, 0.717) is 51.6 Å². The topological polar surface area (TPSA) is 250 Å². The fourth-order valence-corrected chi connectivity index (χ4v) is 10.3. The Labute approximate surface area is 569 Å². The molecule has 0 aliphatic heterocycles. The van der Waals surface area contributed by atoms with Crippen molar-refractivity contribution in [1.29, 1.82) is 0 Å². The van der Waals surface area contributed by atoms with Gasteiger partial charge < -0.3 is 50.8 Å². The molecule has 0 bridgehead atoms. The van der Waals surface area contributed by atoms with Crippen molar-refractivity contribution < 1.29 is 96.0 Å². The summed E-state index contributed by atoms with van der Waals surface area (Å²) in [6, 6.07) is 30.6. The van der Waals surface area contributed by atoms with Gasteiger partial charge in [-0.25, -0.2) is 36.9 Å². The number of hydrogen-bond acceptors (Lipinski definition) is 16. The number of alkyl halides is 6. The molecular formula is C66H58F11N9O10S3. The second-order valence-electron chi connectivity index (χ2n) is 20.8. The zero-order valence-electron chi connectivity index (χ0n) is 51.9. The third kappa shape index (κ3) is 26.1. The zero-order valence-corrected chi connectivity index (χ0v) is 54.3. The summed E-state index contributed by atoms with van der Waals surface area (Å²) in [6.45, 7) is 3.44. The maximum Gasteiger partial charge on any atom is 0.573 e. The first kappa shape index (κ1) is 75.8. The van der Waals surface area contributed by atoms with Gasteiger partial charge in [-0.1, -0.05) is 74.5 Å². The molecule has 99 heavy (non-hydrogen) atoms. The van der Waals surface area contributed by atoms with Gasteiger partial charge in [-0.2, -0.15) is 0 Å². The average Bonchev–Trinajstić information content (AvgIpc) is 1.88. The fourth-order valence-electron chi connectivity index (χ4n) is 8.17. The van der Waals surface area contributed by atoms with Gasteiger partial charge in [0.05, 0.1) is 26.1 Å². The van der Waals surface area contributed by atoms with Crippen molar-refractivity contribution in [3.05, 3.63) is 239 Å². The number of carbonyl (C=O) groups excluding carboxylic acids is 6. The SMILES string of the molecule is CC(C)c1ccc(CC(=O)NCc2nc(C(=O)NCCc3ccccc3F)cs2)cc1.O=C(COc1ccc(OC(F)(F)F)cc1)NCc1nc(C(=O)NCc2c(F)cccc2F)cs1.O=C(COc1ccc(OC(F)(F)F)cc1)NCc1nc(C(=O)NCc2cccc(F)c2F)cs1. The number of benzene rings is 6. The summed E-state index contributed by atoms with van der Waals surface area (Å²) in [6.07, 6.45) is -8.91. The summed E-state index contributed by atoms with van der Waals surface area (Å²) >= 11 is 3.50. The molecule has 6 N–H and O–H groups in total. The third-order valence-corrected chi connectivity index (χ3v) is 15.7. The molecule has 19 nitrogen and oxygen atoms in total. The van der Waals surface area contributed by atoms with Crippen molar-refractivity contribution >= 4 is 69.5 Å². The van der Waals surface area contributed by atoms with Crippen molar-refractivity contribution in [3.8, 4) is 23.0 Å². The summed E-state index contributed by atoms with van der Waals surface area (Å²) < 4.78 is 158. The second kappa shape index (κ2) is 36.7. The van der Waals surface area contributed by atoms with Crippen LogP contribution in [0.1, 0.15) is 94.1 Å². The van der Waals surface area contributed by atoms with Gasteiger partial charge in [-0.15, -0.1) is 60.4 Å². The van der Waals surface area contributed by atoms with Gasteiger partial charge in [0.15, 0.2) is 24.8 Å². The molecule has 0 unspecified atom stereocenters. The molecular weight excluding hydrogens is 1380 g/mol. The van der Waals surface area contributed by atoms with Gasteiger partial charge in [0, 0.05) is 46.9 Å². The van der Waals surface area contributed by atoms with E-state index < -0.39 is 84.3 Å². The molecule has 3 aromatic heterocycles. The minimum Gasteiger partial charge on any atom is -0.484 e. The van der Waals surface area contributed by atoms with E-state index in [1.165, 1.54) is 76.2 Å². The number of carbonyl (C=O) groups is 6. The van der Waals surface area contributed by atoms with Crippen LogP contribution in [-0.4, -0.2) is 82.9 Å². The molecule has 3 heterocycles. The van der Waals surface area contributed by atoms with Crippen LogP contribution in [0.3, 0.4) is 0 Å². The van der Waals surface area contributed by atoms with E-state index in [9.17, 15) is 77.1 Å². The van der Waals surface area contributed by atoms with Crippen molar-refractivity contribution in [2.75, 3.05) is 19.8 Å². The van der Waals surface area contributed by atoms with Gasteiger partial charge in [0.25, 0.3) is 29.5 Å². The third-order valence-electron chi connectivity index (χ3n) is 13.1. The lowest BCUT2D eigenvalue weighted by atomic mass is 10.0. The summed E-state index contributed by atoms with van der Waals surface area (Å²) in [4.78, 5) is 85.0. The number of hydrogen-bond donors (Lipinski definition) is 6. The Morgan fingerprint density at radius 3 is 1.30 bits per heavy atom. The lowest BCUT2D eigenvalue weighted by Crippen LogP contribution is -2.28. The molecule has 522 valence electrons. The maximum atomic E-state index is 13.6. The Kier molecular flexibility index (Phi) is 28.1. The van der Waals surface area contributed by atoms with Crippen molar-refractivity contribution in [2.24, 2.45) is 0 Å². The van der Waals surface area contributed by atoms with Crippen molar-refractivity contribution in [2.45, 2.75) is 78.1 Å². The summed E-state index contributed by atoms with van der Waals surface area (Å²) in [5.41, 5.74) is 2.82. The average molecular weight is 1440 g/mol. The van der Waals surface area contributed by atoms with Gasteiger partial charge in [-0.05, 0) is 102 Å². The maximum absolute atomic E-state index is 13.6. The van der Waals surface area contributed by atoms with Crippen LogP contribution in [0.15, 0.2) is 150 Å². The van der Waals surface area contributed by atoms with E-state index >= 15 is 0 Å². The monoisotopic (exact) mass is 1440 g/mol. The Balaban J connectivity index is 0.000000209. The second-order valence-corrected chi connectivity index (χ2v) is 23.6. The Hall–Kier alpha value is -10.5. The van der Waals surface area contributed by atoms with Gasteiger partial charge in [0.2, 0.25) is 5.91 Å². The van der Waals surface area contributed by atoms with E-state index in [0.717, 1.165) is 70.7 Å². The van der Waals surface area contributed by atoms with Crippen LogP contribution >= 0.6 is 34.0 Å². The molecule has 0 saturated heterocycles. The van der Waals surface area contributed by atoms with Crippen LogP contribution < -0.4 is 50.8 Å². The quantitative estimate of drug-likeness (QED) is 0.0263. The molecule has 0 atom stereocenters. The molecule has 9 rings (SSSR count). The minimum atomic E-state index is -4.81. The number of ether oxygens (including phenoxy) is 4. The fraction of sp³-hybridized carbons (Fsp3) is 0.227. The van der Waals surface area contributed by atoms with Gasteiger partial charge in [-0.3, -0.25) is 28.8 Å². The van der Waals surface area contributed by atoms with Crippen molar-refractivity contribution in [3.63, 3.8) is 0 Å². The lowest BCUT2D eigenvalue weighted by molar-refractivity contribution is -0.275. The Bertz CT molecular complexity index is 4160. The summed E-state index contributed by atoms with van der Waals surface area (Å²) in [5.74, 6) is -6.69. The highest BCUT2D eigenvalue weighted by Crippen LogP contribution is 2.27. The number of nitrogens with zero attached hydrogens (tertiary/aromatic N) is 3. The molecule has 9 aromatic rings. The number of halogens is 11. The minimum absolute atomic E-state index is 0.00295. The highest BCUT2D eigenvalue weighted by molar-refractivity contribution is 7.10.